The van der Waals surface area contributed by atoms with Crippen molar-refractivity contribution in [2.24, 2.45) is 0 Å². The van der Waals surface area contributed by atoms with Crippen molar-refractivity contribution in [2.45, 2.75) is 30.4 Å². The Morgan fingerprint density at radius 1 is 1.47 bits per heavy atom. The summed E-state index contributed by atoms with van der Waals surface area (Å²) in [5.74, 6) is 0. The van der Waals surface area contributed by atoms with Crippen LogP contribution in [0.1, 0.15) is 25.0 Å². The van der Waals surface area contributed by atoms with Gasteiger partial charge in [0.2, 0.25) is 0 Å². The van der Waals surface area contributed by atoms with E-state index >= 15 is 0 Å². The minimum Gasteiger partial charge on any atom is -0.241 e. The van der Waals surface area contributed by atoms with Crippen LogP contribution >= 0.6 is 11.8 Å². The fraction of sp³-hybridized carbons (Fsp3) is 0.267. The molecule has 0 amide bonds. The highest BCUT2D eigenvalue weighted by molar-refractivity contribution is 8.00. The average molecular weight is 270 g/mol. The summed E-state index contributed by atoms with van der Waals surface area (Å²) >= 11 is 1.70. The highest BCUT2D eigenvalue weighted by Crippen LogP contribution is 2.27. The lowest BCUT2D eigenvalue weighted by atomic mass is 10.2. The van der Waals surface area contributed by atoms with Gasteiger partial charge in [-0.15, -0.1) is 11.8 Å². The molecule has 0 aliphatic heterocycles. The van der Waals surface area contributed by atoms with Gasteiger partial charge in [-0.05, 0) is 37.1 Å². The third-order valence-corrected chi connectivity index (χ3v) is 3.72. The van der Waals surface area contributed by atoms with Crippen molar-refractivity contribution < 1.29 is 0 Å². The first-order valence-corrected chi connectivity index (χ1v) is 7.06. The number of nitriles is 1. The van der Waals surface area contributed by atoms with E-state index in [1.54, 1.807) is 22.6 Å². The van der Waals surface area contributed by atoms with Crippen LogP contribution in [0.15, 0.2) is 35.5 Å². The third-order valence-electron chi connectivity index (χ3n) is 2.64. The summed E-state index contributed by atoms with van der Waals surface area (Å²) in [5, 5.41) is 14.0. The van der Waals surface area contributed by atoms with Gasteiger partial charge in [-0.2, -0.15) is 10.4 Å². The molecule has 97 valence electrons. The molecule has 1 aromatic carbocycles. The molecule has 2 rings (SSSR count). The van der Waals surface area contributed by atoms with Gasteiger partial charge in [0.15, 0.2) is 0 Å². The largest absolute Gasteiger partial charge is 0.241 e. The summed E-state index contributed by atoms with van der Waals surface area (Å²) in [6.07, 6.45) is 4.46. The second kappa shape index (κ2) is 5.94. The van der Waals surface area contributed by atoms with Crippen LogP contribution in [0.25, 0.3) is 5.69 Å². The van der Waals surface area contributed by atoms with Crippen LogP contribution in [-0.2, 0) is 6.42 Å². The first-order chi connectivity index (χ1) is 9.13. The summed E-state index contributed by atoms with van der Waals surface area (Å²) in [7, 11) is 0. The zero-order valence-electron chi connectivity index (χ0n) is 11.1. The number of hydrogen-bond acceptors (Lipinski definition) is 3. The van der Waals surface area contributed by atoms with Crippen molar-refractivity contribution in [3.8, 4) is 11.8 Å². The second-order valence-corrected chi connectivity index (χ2v) is 6.12. The lowest BCUT2D eigenvalue weighted by Gasteiger charge is -2.08. The molecule has 0 fully saturated rings. The van der Waals surface area contributed by atoms with E-state index in [0.29, 0.717) is 17.2 Å². The van der Waals surface area contributed by atoms with Gasteiger partial charge in [0.25, 0.3) is 0 Å². The molecular weight excluding hydrogens is 254 g/mol. The number of benzene rings is 1. The van der Waals surface area contributed by atoms with Crippen molar-refractivity contribution in [1.82, 2.24) is 9.78 Å². The molecule has 0 atom stereocenters. The molecule has 3 nitrogen and oxygen atoms in total. The molecule has 0 spiro atoms. The predicted molar refractivity (Wildman–Crippen MR) is 78.3 cm³/mol. The molecule has 0 aliphatic carbocycles. The zero-order chi connectivity index (χ0) is 13.8. The van der Waals surface area contributed by atoms with Gasteiger partial charge in [-0.1, -0.05) is 13.8 Å². The van der Waals surface area contributed by atoms with Crippen LogP contribution in [-0.4, -0.2) is 15.0 Å². The van der Waals surface area contributed by atoms with Crippen LogP contribution in [0.3, 0.4) is 0 Å². The lowest BCUT2D eigenvalue weighted by molar-refractivity contribution is 0.877. The van der Waals surface area contributed by atoms with Crippen LogP contribution in [0.2, 0.25) is 0 Å². The summed E-state index contributed by atoms with van der Waals surface area (Å²) in [5.41, 5.74) is 2.69. The molecule has 0 bridgehead atoms. The van der Waals surface area contributed by atoms with Gasteiger partial charge in [-0.3, -0.25) is 0 Å². The summed E-state index contributed by atoms with van der Waals surface area (Å²) < 4.78 is 1.78. The minimum atomic E-state index is 0.459. The van der Waals surface area contributed by atoms with Gasteiger partial charge < -0.3 is 0 Å². The van der Waals surface area contributed by atoms with E-state index in [2.05, 4.69) is 31.9 Å². The molecule has 0 unspecified atom stereocenters. The smallest absolute Gasteiger partial charge is 0.100 e. The van der Waals surface area contributed by atoms with E-state index in [0.717, 1.165) is 16.1 Å². The van der Waals surface area contributed by atoms with Crippen LogP contribution in [0.4, 0.5) is 0 Å². The first kappa shape index (κ1) is 13.7. The lowest BCUT2D eigenvalue weighted by Crippen LogP contribution is -1.96. The molecular formula is C15H16N3S. The number of rotatable bonds is 4. The Morgan fingerprint density at radius 3 is 2.84 bits per heavy atom. The molecule has 0 saturated carbocycles. The van der Waals surface area contributed by atoms with Gasteiger partial charge in [0.1, 0.15) is 6.07 Å². The van der Waals surface area contributed by atoms with Crippen LogP contribution in [0.5, 0.6) is 0 Å². The predicted octanol–water partition coefficient (Wildman–Crippen LogP) is 3.62. The Hall–Kier alpha value is -1.73. The second-order valence-electron chi connectivity index (χ2n) is 4.50. The van der Waals surface area contributed by atoms with Crippen molar-refractivity contribution in [2.75, 3.05) is 0 Å². The molecule has 0 saturated heterocycles. The highest BCUT2D eigenvalue weighted by atomic mass is 32.2. The highest BCUT2D eigenvalue weighted by Gasteiger charge is 2.08. The van der Waals surface area contributed by atoms with E-state index in [4.69, 9.17) is 0 Å². The van der Waals surface area contributed by atoms with E-state index in [-0.39, 0.29) is 0 Å². The maximum Gasteiger partial charge on any atom is 0.100 e. The van der Waals surface area contributed by atoms with Gasteiger partial charge in [-0.25, -0.2) is 4.68 Å². The van der Waals surface area contributed by atoms with E-state index in [9.17, 15) is 5.26 Å². The maximum absolute atomic E-state index is 9.25. The van der Waals surface area contributed by atoms with Crippen molar-refractivity contribution in [1.29, 1.82) is 5.26 Å². The Labute approximate surface area is 118 Å². The molecule has 1 aromatic heterocycles. The fourth-order valence-electron chi connectivity index (χ4n) is 1.73. The quantitative estimate of drug-likeness (QED) is 0.797. The normalized spacial score (nSPS) is 10.7. The topological polar surface area (TPSA) is 41.6 Å². The molecule has 0 N–H and O–H groups in total. The van der Waals surface area contributed by atoms with E-state index < -0.39 is 0 Å². The molecule has 4 heteroatoms. The summed E-state index contributed by atoms with van der Waals surface area (Å²) in [6.45, 7) is 8.07. The fourth-order valence-corrected chi connectivity index (χ4v) is 2.62. The van der Waals surface area contributed by atoms with E-state index in [1.165, 1.54) is 0 Å². The Kier molecular flexibility index (Phi) is 4.28. The Morgan fingerprint density at radius 2 is 2.26 bits per heavy atom. The SMILES string of the molecule is [CH2]Cc1cnn(-c2ccc(SC(C)C)c(C#N)c2)c1. The number of hydrogen-bond donors (Lipinski definition) is 0. The Bertz CT molecular complexity index is 608. The van der Waals surface area contributed by atoms with Crippen molar-refractivity contribution in [3.63, 3.8) is 0 Å². The van der Waals surface area contributed by atoms with Gasteiger partial charge in [0.05, 0.1) is 17.4 Å². The third kappa shape index (κ3) is 3.18. The standard InChI is InChI=1S/C15H16N3S/c1-4-12-9-17-18(10-12)14-5-6-15(19-11(2)3)13(7-14)8-16/h5-7,9-11H,1,4H2,2-3H3. The first-order valence-electron chi connectivity index (χ1n) is 6.18. The van der Waals surface area contributed by atoms with Crippen LogP contribution < -0.4 is 0 Å². The Balaban J connectivity index is 2.36. The van der Waals surface area contributed by atoms with Gasteiger partial charge >= 0.3 is 0 Å². The van der Waals surface area contributed by atoms with E-state index in [1.807, 2.05) is 24.4 Å². The average Bonchev–Trinajstić information content (AvgIpc) is 2.87. The molecule has 19 heavy (non-hydrogen) atoms. The van der Waals surface area contributed by atoms with Crippen molar-refractivity contribution >= 4 is 11.8 Å². The maximum atomic E-state index is 9.25. The number of nitrogens with zero attached hydrogens (tertiary/aromatic N) is 3. The minimum absolute atomic E-state index is 0.459. The zero-order valence-corrected chi connectivity index (χ0v) is 11.9. The summed E-state index contributed by atoms with van der Waals surface area (Å²) in [6, 6.07) is 8.12. The molecule has 0 aliphatic rings. The number of aromatic nitrogens is 2. The molecule has 1 radical (unpaired) electrons. The van der Waals surface area contributed by atoms with Gasteiger partial charge in [0, 0.05) is 16.3 Å². The van der Waals surface area contributed by atoms with Crippen molar-refractivity contribution in [3.05, 3.63) is 48.6 Å². The van der Waals surface area contributed by atoms with Crippen LogP contribution in [0, 0.1) is 18.3 Å². The monoisotopic (exact) mass is 270 g/mol. The molecule has 1 heterocycles. The number of thioether (sulfide) groups is 1. The summed E-state index contributed by atoms with van der Waals surface area (Å²) in [4.78, 5) is 1.02. The molecule has 2 aromatic rings.